The Labute approximate surface area is 147 Å². The number of rotatable bonds is 3. The molecule has 23 heavy (non-hydrogen) atoms. The van der Waals surface area contributed by atoms with Crippen LogP contribution in [0, 0.1) is 0 Å². The summed E-state index contributed by atoms with van der Waals surface area (Å²) in [6.45, 7) is 0. The van der Waals surface area contributed by atoms with Crippen LogP contribution in [-0.2, 0) is 0 Å². The fourth-order valence-corrected chi connectivity index (χ4v) is 3.95. The highest BCUT2D eigenvalue weighted by Gasteiger charge is 2.17. The highest BCUT2D eigenvalue weighted by molar-refractivity contribution is 9.10. The Kier molecular flexibility index (Phi) is 3.98. The van der Waals surface area contributed by atoms with Crippen LogP contribution in [-0.4, -0.2) is 0 Å². The van der Waals surface area contributed by atoms with Gasteiger partial charge in [-0.1, -0.05) is 76.2 Å². The Hall–Kier alpha value is -1.97. The number of furan rings is 1. The molecular weight excluding hydrogens is 368 g/mol. The van der Waals surface area contributed by atoms with Crippen molar-refractivity contribution in [2.75, 3.05) is 0 Å². The summed E-state index contributed by atoms with van der Waals surface area (Å²) in [5.74, 6) is 0.924. The van der Waals surface area contributed by atoms with Crippen LogP contribution in [0.4, 0.5) is 0 Å². The summed E-state index contributed by atoms with van der Waals surface area (Å²) in [6, 6.07) is 26.8. The second-order valence-electron chi connectivity index (χ2n) is 5.18. The van der Waals surface area contributed by atoms with Crippen molar-refractivity contribution in [1.29, 1.82) is 0 Å². The zero-order valence-corrected chi connectivity index (χ0v) is 14.6. The molecule has 0 aliphatic heterocycles. The topological polar surface area (TPSA) is 13.1 Å². The quantitative estimate of drug-likeness (QED) is 0.379. The monoisotopic (exact) mass is 380 g/mol. The summed E-state index contributed by atoms with van der Waals surface area (Å²) in [5.41, 5.74) is 2.00. The summed E-state index contributed by atoms with van der Waals surface area (Å²) < 4.78 is 7.23. The van der Waals surface area contributed by atoms with Crippen molar-refractivity contribution < 1.29 is 4.42 Å². The second kappa shape index (κ2) is 6.26. The summed E-state index contributed by atoms with van der Waals surface area (Å²) in [6.07, 6.45) is 0. The number of fused-ring (bicyclic) bond motifs is 1. The molecule has 0 atom stereocenters. The smallest absolute Gasteiger partial charge is 0.149 e. The molecule has 1 aromatic heterocycles. The number of halogens is 1. The van der Waals surface area contributed by atoms with E-state index in [1.165, 1.54) is 4.90 Å². The lowest BCUT2D eigenvalue weighted by molar-refractivity contribution is 0.625. The van der Waals surface area contributed by atoms with Crippen molar-refractivity contribution >= 4 is 38.7 Å². The van der Waals surface area contributed by atoms with Gasteiger partial charge in [0.1, 0.15) is 11.3 Å². The van der Waals surface area contributed by atoms with Gasteiger partial charge in [0.05, 0.1) is 4.90 Å². The van der Waals surface area contributed by atoms with Gasteiger partial charge in [-0.25, -0.2) is 0 Å². The molecule has 0 aliphatic carbocycles. The number of hydrogen-bond donors (Lipinski definition) is 0. The Balaban J connectivity index is 1.93. The van der Waals surface area contributed by atoms with Gasteiger partial charge in [-0.05, 0) is 30.3 Å². The molecule has 0 bridgehead atoms. The first-order valence-electron chi connectivity index (χ1n) is 7.31. The third-order valence-corrected chi connectivity index (χ3v) is 5.21. The Morgan fingerprint density at radius 1 is 0.783 bits per heavy atom. The number of hydrogen-bond acceptors (Lipinski definition) is 2. The van der Waals surface area contributed by atoms with Crippen molar-refractivity contribution in [2.24, 2.45) is 0 Å². The Bertz CT molecular complexity index is 945. The molecule has 0 fully saturated rings. The molecular formula is C20H13BrOS. The highest BCUT2D eigenvalue weighted by Crippen LogP contribution is 2.43. The minimum Gasteiger partial charge on any atom is -0.455 e. The third-order valence-electron chi connectivity index (χ3n) is 3.60. The molecule has 0 amide bonds. The summed E-state index contributed by atoms with van der Waals surface area (Å²) in [5, 5.41) is 1.13. The average Bonchev–Trinajstić information content (AvgIpc) is 2.95. The average molecular weight is 381 g/mol. The molecule has 0 N–H and O–H groups in total. The van der Waals surface area contributed by atoms with Gasteiger partial charge in [0.2, 0.25) is 0 Å². The zero-order chi connectivity index (χ0) is 15.6. The van der Waals surface area contributed by atoms with Gasteiger partial charge in [0.25, 0.3) is 0 Å². The number of benzene rings is 3. The van der Waals surface area contributed by atoms with E-state index in [1.807, 2.05) is 36.4 Å². The first kappa shape index (κ1) is 14.6. The van der Waals surface area contributed by atoms with Crippen LogP contribution in [0.5, 0.6) is 0 Å². The van der Waals surface area contributed by atoms with Crippen LogP contribution in [0.1, 0.15) is 0 Å². The SMILES string of the molecule is Brc1ccc2oc(-c3ccccc3)c(Sc3ccccc3)c2c1. The van der Waals surface area contributed by atoms with E-state index >= 15 is 0 Å². The van der Waals surface area contributed by atoms with E-state index in [-0.39, 0.29) is 0 Å². The van der Waals surface area contributed by atoms with Gasteiger partial charge in [-0.2, -0.15) is 0 Å². The zero-order valence-electron chi connectivity index (χ0n) is 12.2. The summed E-state index contributed by atoms with van der Waals surface area (Å²) in [4.78, 5) is 2.35. The third kappa shape index (κ3) is 2.94. The fraction of sp³-hybridized carbons (Fsp3) is 0. The molecule has 1 heterocycles. The molecule has 0 radical (unpaired) electrons. The maximum absolute atomic E-state index is 6.17. The van der Waals surface area contributed by atoms with Gasteiger partial charge in [0, 0.05) is 20.3 Å². The summed E-state index contributed by atoms with van der Waals surface area (Å²) in [7, 11) is 0. The lowest BCUT2D eigenvalue weighted by Crippen LogP contribution is -1.78. The van der Waals surface area contributed by atoms with E-state index in [4.69, 9.17) is 4.42 Å². The van der Waals surface area contributed by atoms with Gasteiger partial charge < -0.3 is 4.42 Å². The van der Waals surface area contributed by atoms with E-state index in [1.54, 1.807) is 11.8 Å². The van der Waals surface area contributed by atoms with Crippen LogP contribution >= 0.6 is 27.7 Å². The van der Waals surface area contributed by atoms with E-state index in [0.717, 1.165) is 31.7 Å². The molecule has 0 saturated heterocycles. The van der Waals surface area contributed by atoms with Crippen molar-refractivity contribution in [1.82, 2.24) is 0 Å². The van der Waals surface area contributed by atoms with Gasteiger partial charge in [-0.15, -0.1) is 0 Å². The summed E-state index contributed by atoms with van der Waals surface area (Å²) >= 11 is 5.31. The van der Waals surface area contributed by atoms with Crippen LogP contribution in [0.3, 0.4) is 0 Å². The fourth-order valence-electron chi connectivity index (χ4n) is 2.53. The lowest BCUT2D eigenvalue weighted by atomic mass is 10.1. The molecule has 0 spiro atoms. The van der Waals surface area contributed by atoms with E-state index < -0.39 is 0 Å². The Morgan fingerprint density at radius 3 is 2.22 bits per heavy atom. The van der Waals surface area contributed by atoms with E-state index in [2.05, 4.69) is 58.4 Å². The van der Waals surface area contributed by atoms with E-state index in [0.29, 0.717) is 0 Å². The van der Waals surface area contributed by atoms with E-state index in [9.17, 15) is 0 Å². The largest absolute Gasteiger partial charge is 0.455 e. The molecule has 0 aliphatic rings. The first-order valence-corrected chi connectivity index (χ1v) is 8.92. The van der Waals surface area contributed by atoms with Crippen LogP contribution < -0.4 is 0 Å². The minimum atomic E-state index is 0.908. The van der Waals surface area contributed by atoms with Gasteiger partial charge in [-0.3, -0.25) is 0 Å². The second-order valence-corrected chi connectivity index (χ2v) is 7.18. The maximum atomic E-state index is 6.17. The lowest BCUT2D eigenvalue weighted by Gasteiger charge is -2.03. The molecule has 3 heteroatoms. The molecule has 4 rings (SSSR count). The van der Waals surface area contributed by atoms with Crippen molar-refractivity contribution in [3.63, 3.8) is 0 Å². The molecule has 4 aromatic rings. The molecule has 0 saturated carbocycles. The Morgan fingerprint density at radius 2 is 1.48 bits per heavy atom. The van der Waals surface area contributed by atoms with Crippen LogP contribution in [0.2, 0.25) is 0 Å². The molecule has 1 nitrogen and oxygen atoms in total. The minimum absolute atomic E-state index is 0.908. The highest BCUT2D eigenvalue weighted by atomic mass is 79.9. The van der Waals surface area contributed by atoms with Gasteiger partial charge in [0.15, 0.2) is 0 Å². The van der Waals surface area contributed by atoms with Crippen molar-refractivity contribution in [3.8, 4) is 11.3 Å². The van der Waals surface area contributed by atoms with Gasteiger partial charge >= 0.3 is 0 Å². The molecule has 112 valence electrons. The standard InChI is InChI=1S/C20H13BrOS/c21-15-11-12-18-17(13-15)20(23-16-9-5-2-6-10-16)19(22-18)14-7-3-1-4-8-14/h1-13H. The van der Waals surface area contributed by atoms with Crippen LogP contribution in [0.25, 0.3) is 22.3 Å². The molecule has 3 aromatic carbocycles. The predicted molar refractivity (Wildman–Crippen MR) is 99.9 cm³/mol. The maximum Gasteiger partial charge on any atom is 0.149 e. The normalized spacial score (nSPS) is 11.0. The van der Waals surface area contributed by atoms with Crippen molar-refractivity contribution in [3.05, 3.63) is 83.3 Å². The predicted octanol–water partition coefficient (Wildman–Crippen LogP) is 7.01. The molecule has 0 unspecified atom stereocenters. The van der Waals surface area contributed by atoms with Crippen molar-refractivity contribution in [2.45, 2.75) is 9.79 Å². The van der Waals surface area contributed by atoms with Crippen LogP contribution in [0.15, 0.2) is 97.5 Å². The first-order chi connectivity index (χ1) is 11.3.